The van der Waals surface area contributed by atoms with Crippen LogP contribution in [0, 0.1) is 0 Å². The van der Waals surface area contributed by atoms with Crippen LogP contribution < -0.4 is 10.6 Å². The van der Waals surface area contributed by atoms with Gasteiger partial charge < -0.3 is 5.32 Å². The Morgan fingerprint density at radius 2 is 1.90 bits per heavy atom. The van der Waals surface area contributed by atoms with Crippen molar-refractivity contribution in [1.82, 2.24) is 10.6 Å². The van der Waals surface area contributed by atoms with Gasteiger partial charge in [-0.3, -0.25) is 5.32 Å². The van der Waals surface area contributed by atoms with Crippen molar-refractivity contribution in [3.63, 3.8) is 0 Å². The maximum absolute atomic E-state index is 3.44. The van der Waals surface area contributed by atoms with Crippen LogP contribution in [-0.2, 0) is 0 Å². The largest absolute Gasteiger partial charge is 0.305 e. The fourth-order valence-electron chi connectivity index (χ4n) is 0.760. The van der Waals surface area contributed by atoms with Crippen molar-refractivity contribution in [3.8, 4) is 0 Å². The minimum Gasteiger partial charge on any atom is -0.305 e. The smallest absolute Gasteiger partial charge is 0.0544 e. The quantitative estimate of drug-likeness (QED) is 0.582. The summed E-state index contributed by atoms with van der Waals surface area (Å²) in [5.74, 6) is 0. The van der Waals surface area contributed by atoms with E-state index in [-0.39, 0.29) is 5.54 Å². The lowest BCUT2D eigenvalue weighted by molar-refractivity contribution is 0.314. The molecule has 0 aliphatic heterocycles. The fourth-order valence-corrected chi connectivity index (χ4v) is 0.760. The molecule has 0 amide bonds. The van der Waals surface area contributed by atoms with E-state index in [9.17, 15) is 0 Å². The van der Waals surface area contributed by atoms with E-state index in [0.29, 0.717) is 6.17 Å². The Morgan fingerprint density at radius 3 is 2.20 bits per heavy atom. The lowest BCUT2D eigenvalue weighted by Gasteiger charge is -2.28. The van der Waals surface area contributed by atoms with Crippen molar-refractivity contribution in [2.45, 2.75) is 45.8 Å². The van der Waals surface area contributed by atoms with Gasteiger partial charge in [0.2, 0.25) is 0 Å². The minimum absolute atomic E-state index is 0.252. The van der Waals surface area contributed by atoms with Gasteiger partial charge in [0.15, 0.2) is 0 Å². The Bertz CT molecular complexity index is 89.3. The van der Waals surface area contributed by atoms with Gasteiger partial charge >= 0.3 is 0 Å². The van der Waals surface area contributed by atoms with Crippen LogP contribution in [0.1, 0.15) is 34.1 Å². The van der Waals surface area contributed by atoms with Crippen LogP contribution >= 0.6 is 0 Å². The third-order valence-corrected chi connectivity index (χ3v) is 1.92. The molecule has 0 rings (SSSR count). The average molecular weight is 144 g/mol. The van der Waals surface area contributed by atoms with Gasteiger partial charge in [0.1, 0.15) is 0 Å². The van der Waals surface area contributed by atoms with Crippen LogP contribution in [0.25, 0.3) is 0 Å². The van der Waals surface area contributed by atoms with Gasteiger partial charge in [-0.05, 0) is 34.2 Å². The SMILES string of the molecule is CCC(C)(C)NC(C)NC. The van der Waals surface area contributed by atoms with Crippen LogP contribution in [0.5, 0.6) is 0 Å². The van der Waals surface area contributed by atoms with Crippen LogP contribution in [-0.4, -0.2) is 18.8 Å². The van der Waals surface area contributed by atoms with E-state index in [1.54, 1.807) is 0 Å². The Morgan fingerprint density at radius 1 is 1.40 bits per heavy atom. The molecule has 1 atom stereocenters. The minimum atomic E-state index is 0.252. The third-order valence-electron chi connectivity index (χ3n) is 1.92. The Hall–Kier alpha value is -0.0800. The first-order valence-electron chi connectivity index (χ1n) is 3.97. The monoisotopic (exact) mass is 144 g/mol. The first kappa shape index (κ1) is 9.92. The standard InChI is InChI=1S/C8H20N2/c1-6-8(3,4)10-7(2)9-5/h7,9-10H,6H2,1-5H3. The van der Waals surface area contributed by atoms with E-state index in [4.69, 9.17) is 0 Å². The Balaban J connectivity index is 3.64. The molecule has 0 aliphatic rings. The zero-order chi connectivity index (χ0) is 8.20. The highest BCUT2D eigenvalue weighted by Gasteiger charge is 2.15. The molecule has 0 bridgehead atoms. The van der Waals surface area contributed by atoms with Gasteiger partial charge in [0, 0.05) is 5.54 Å². The molecule has 0 aliphatic carbocycles. The summed E-state index contributed by atoms with van der Waals surface area (Å²) in [5.41, 5.74) is 0.252. The lowest BCUT2D eigenvalue weighted by Crippen LogP contribution is -2.49. The van der Waals surface area contributed by atoms with Gasteiger partial charge in [-0.1, -0.05) is 6.92 Å². The third kappa shape index (κ3) is 3.85. The highest BCUT2D eigenvalue weighted by atomic mass is 15.1. The van der Waals surface area contributed by atoms with Crippen molar-refractivity contribution in [1.29, 1.82) is 0 Å². The van der Waals surface area contributed by atoms with Gasteiger partial charge in [0.05, 0.1) is 6.17 Å². The average Bonchev–Trinajstić information content (AvgIpc) is 1.87. The van der Waals surface area contributed by atoms with Crippen molar-refractivity contribution in [2.24, 2.45) is 0 Å². The molecule has 0 radical (unpaired) electrons. The maximum atomic E-state index is 3.44. The second-order valence-corrected chi connectivity index (χ2v) is 3.39. The molecule has 10 heavy (non-hydrogen) atoms. The normalized spacial score (nSPS) is 15.3. The summed E-state index contributed by atoms with van der Waals surface area (Å²) in [4.78, 5) is 0. The second-order valence-electron chi connectivity index (χ2n) is 3.39. The van der Waals surface area contributed by atoms with Gasteiger partial charge in [0.25, 0.3) is 0 Å². The lowest BCUT2D eigenvalue weighted by atomic mass is 10.0. The van der Waals surface area contributed by atoms with E-state index >= 15 is 0 Å². The molecule has 0 saturated carbocycles. The topological polar surface area (TPSA) is 24.1 Å². The van der Waals surface area contributed by atoms with Crippen LogP contribution in [0.2, 0.25) is 0 Å². The highest BCUT2D eigenvalue weighted by molar-refractivity contribution is 4.77. The van der Waals surface area contributed by atoms with E-state index < -0.39 is 0 Å². The Kier molecular flexibility index (Phi) is 3.91. The predicted octanol–water partition coefficient (Wildman–Crippen LogP) is 1.33. The number of nitrogens with one attached hydrogen (secondary N) is 2. The number of hydrogen-bond acceptors (Lipinski definition) is 2. The molecular weight excluding hydrogens is 124 g/mol. The van der Waals surface area contributed by atoms with E-state index in [1.807, 2.05) is 7.05 Å². The predicted molar refractivity (Wildman–Crippen MR) is 46.0 cm³/mol. The van der Waals surface area contributed by atoms with E-state index in [0.717, 1.165) is 6.42 Å². The molecule has 2 heteroatoms. The molecule has 0 aromatic heterocycles. The number of rotatable bonds is 4. The zero-order valence-corrected chi connectivity index (χ0v) is 7.78. The summed E-state index contributed by atoms with van der Waals surface area (Å²) >= 11 is 0. The maximum Gasteiger partial charge on any atom is 0.0544 e. The van der Waals surface area contributed by atoms with Crippen LogP contribution in [0.15, 0.2) is 0 Å². The summed E-state index contributed by atoms with van der Waals surface area (Å²) in [6, 6.07) is 0. The highest BCUT2D eigenvalue weighted by Crippen LogP contribution is 2.06. The van der Waals surface area contributed by atoms with Crippen LogP contribution in [0.3, 0.4) is 0 Å². The molecule has 0 saturated heterocycles. The molecule has 0 fully saturated rings. The summed E-state index contributed by atoms with van der Waals surface area (Å²) < 4.78 is 0. The first-order chi connectivity index (χ1) is 4.52. The van der Waals surface area contributed by atoms with Gasteiger partial charge in [-0.25, -0.2) is 0 Å². The molecule has 0 aromatic carbocycles. The summed E-state index contributed by atoms with van der Waals surface area (Å²) in [7, 11) is 1.96. The van der Waals surface area contributed by atoms with Crippen LogP contribution in [0.4, 0.5) is 0 Å². The molecule has 2 N–H and O–H groups in total. The Labute approximate surface area is 64.4 Å². The number of hydrogen-bond donors (Lipinski definition) is 2. The molecule has 62 valence electrons. The fraction of sp³-hybridized carbons (Fsp3) is 1.00. The van der Waals surface area contributed by atoms with Crippen molar-refractivity contribution in [2.75, 3.05) is 7.05 Å². The molecule has 0 heterocycles. The summed E-state index contributed by atoms with van der Waals surface area (Å²) in [5, 5.41) is 6.59. The van der Waals surface area contributed by atoms with E-state index in [2.05, 4.69) is 38.3 Å². The molecule has 0 aromatic rings. The second kappa shape index (κ2) is 3.94. The molecule has 1 unspecified atom stereocenters. The van der Waals surface area contributed by atoms with Crippen molar-refractivity contribution in [3.05, 3.63) is 0 Å². The van der Waals surface area contributed by atoms with Gasteiger partial charge in [-0.15, -0.1) is 0 Å². The van der Waals surface area contributed by atoms with Gasteiger partial charge in [-0.2, -0.15) is 0 Å². The molecule has 2 nitrogen and oxygen atoms in total. The van der Waals surface area contributed by atoms with Crippen molar-refractivity contribution < 1.29 is 0 Å². The summed E-state index contributed by atoms with van der Waals surface area (Å²) in [6.07, 6.45) is 1.55. The first-order valence-corrected chi connectivity index (χ1v) is 3.97. The van der Waals surface area contributed by atoms with Crippen molar-refractivity contribution >= 4 is 0 Å². The summed E-state index contributed by atoms with van der Waals surface area (Å²) in [6.45, 7) is 8.73. The van der Waals surface area contributed by atoms with E-state index in [1.165, 1.54) is 0 Å². The zero-order valence-electron chi connectivity index (χ0n) is 7.78. The molecule has 0 spiro atoms. The molecular formula is C8H20N2.